The molecule has 0 heterocycles. The second kappa shape index (κ2) is 6.96. The maximum absolute atomic E-state index is 4.50. The second-order valence-corrected chi connectivity index (χ2v) is 3.00. The summed E-state index contributed by atoms with van der Waals surface area (Å²) in [6.45, 7) is 8.75. The molecule has 0 bridgehead atoms. The van der Waals surface area contributed by atoms with Crippen LogP contribution in [0.25, 0.3) is 0 Å². The van der Waals surface area contributed by atoms with Gasteiger partial charge in [0.05, 0.1) is 0 Å². The molecule has 0 atom stereocenters. The fourth-order valence-corrected chi connectivity index (χ4v) is 0. The Morgan fingerprint density at radius 3 is 0.875 bits per heavy atom. The minimum atomic E-state index is 0. The topological polar surface area (TPSA) is 26.0 Å². The highest BCUT2D eigenvalue weighted by Gasteiger charge is 1.95. The van der Waals surface area contributed by atoms with Gasteiger partial charge in [0.25, 0.3) is 0 Å². The first kappa shape index (κ1) is 15.7. The third-order valence-corrected chi connectivity index (χ3v) is 0. The monoisotopic (exact) mass is 119 g/mol. The minimum Gasteiger partial charge on any atom is -0.333 e. The van der Waals surface area contributed by atoms with Crippen molar-refractivity contribution in [3.8, 4) is 0 Å². The molecule has 0 aliphatic carbocycles. The molecule has 2 N–H and O–H groups in total. The van der Waals surface area contributed by atoms with Crippen molar-refractivity contribution in [3.05, 3.63) is 0 Å². The Labute approximate surface area is 54.3 Å². The molecule has 0 aromatic heterocycles. The molecule has 0 rings (SSSR count). The van der Waals surface area contributed by atoms with Gasteiger partial charge < -0.3 is 5.73 Å². The third-order valence-electron chi connectivity index (χ3n) is 0. The van der Waals surface area contributed by atoms with Crippen LogP contribution >= 0.6 is 0 Å². The number of hydrogen-bond donors (Lipinski definition) is 1. The Morgan fingerprint density at radius 2 is 0.875 bits per heavy atom. The first-order valence-corrected chi connectivity index (χ1v) is 2.58. The SMILES string of the molecule is C.CC(C)(C)C.CN. The first-order valence-electron chi connectivity index (χ1n) is 2.58. The standard InChI is InChI=1S/C5H12.CH5N.CH4/c1-5(2,3)4;1-2;/h1-4H3;2H2,1H3;1H4. The Hall–Kier alpha value is -0.0400. The summed E-state index contributed by atoms with van der Waals surface area (Å²) >= 11 is 0. The van der Waals surface area contributed by atoms with Crippen LogP contribution in [0.2, 0.25) is 0 Å². The summed E-state index contributed by atoms with van der Waals surface area (Å²) in [7, 11) is 1.50. The molecule has 0 aliphatic rings. The van der Waals surface area contributed by atoms with Crippen molar-refractivity contribution in [1.29, 1.82) is 0 Å². The minimum absolute atomic E-state index is 0. The highest BCUT2D eigenvalue weighted by molar-refractivity contribution is 4.47. The number of hydrogen-bond acceptors (Lipinski definition) is 1. The van der Waals surface area contributed by atoms with Gasteiger partial charge in [-0.3, -0.25) is 0 Å². The molecule has 0 unspecified atom stereocenters. The zero-order chi connectivity index (χ0) is 6.50. The predicted octanol–water partition coefficient (Wildman–Crippen LogP) is 2.26. The van der Waals surface area contributed by atoms with E-state index in [0.717, 1.165) is 0 Å². The molecule has 0 saturated carbocycles. The van der Waals surface area contributed by atoms with Crippen molar-refractivity contribution in [3.63, 3.8) is 0 Å². The summed E-state index contributed by atoms with van der Waals surface area (Å²) in [4.78, 5) is 0. The van der Waals surface area contributed by atoms with Crippen molar-refractivity contribution in [1.82, 2.24) is 0 Å². The fourth-order valence-electron chi connectivity index (χ4n) is 0. The van der Waals surface area contributed by atoms with Gasteiger partial charge in [-0.2, -0.15) is 0 Å². The van der Waals surface area contributed by atoms with Crippen molar-refractivity contribution in [2.45, 2.75) is 35.1 Å². The lowest BCUT2D eigenvalue weighted by atomic mass is 10.0. The maximum atomic E-state index is 4.50. The van der Waals surface area contributed by atoms with E-state index < -0.39 is 0 Å². The van der Waals surface area contributed by atoms with Crippen LogP contribution < -0.4 is 5.73 Å². The highest BCUT2D eigenvalue weighted by atomic mass is 14.4. The zero-order valence-electron chi connectivity index (χ0n) is 6.08. The fraction of sp³-hybridized carbons (Fsp3) is 1.00. The summed E-state index contributed by atoms with van der Waals surface area (Å²) < 4.78 is 0. The van der Waals surface area contributed by atoms with Gasteiger partial charge in [0, 0.05) is 0 Å². The average Bonchev–Trinajstić information content (AvgIpc) is 1.36. The maximum Gasteiger partial charge on any atom is -0.0195 e. The summed E-state index contributed by atoms with van der Waals surface area (Å²) in [5, 5.41) is 0. The van der Waals surface area contributed by atoms with Gasteiger partial charge in [0.1, 0.15) is 0 Å². The van der Waals surface area contributed by atoms with E-state index in [2.05, 4.69) is 33.4 Å². The number of rotatable bonds is 0. The van der Waals surface area contributed by atoms with E-state index in [1.54, 1.807) is 0 Å². The van der Waals surface area contributed by atoms with Gasteiger partial charge >= 0.3 is 0 Å². The van der Waals surface area contributed by atoms with E-state index in [1.165, 1.54) is 7.05 Å². The molecule has 54 valence electrons. The van der Waals surface area contributed by atoms with Gasteiger partial charge in [-0.1, -0.05) is 35.1 Å². The van der Waals surface area contributed by atoms with Gasteiger partial charge in [-0.25, -0.2) is 0 Å². The van der Waals surface area contributed by atoms with Crippen molar-refractivity contribution >= 4 is 0 Å². The molecular formula is C7H21N. The molecule has 8 heavy (non-hydrogen) atoms. The Bertz CT molecular complexity index is 19.9. The lowest BCUT2D eigenvalue weighted by molar-refractivity contribution is 0.469. The molecule has 0 fully saturated rings. The van der Waals surface area contributed by atoms with Crippen molar-refractivity contribution < 1.29 is 0 Å². The average molecular weight is 119 g/mol. The molecule has 0 aromatic rings. The molecule has 1 heteroatoms. The molecule has 0 spiro atoms. The van der Waals surface area contributed by atoms with Crippen LogP contribution in [0.4, 0.5) is 0 Å². The summed E-state index contributed by atoms with van der Waals surface area (Å²) in [5.74, 6) is 0. The molecule has 0 amide bonds. The predicted molar refractivity (Wildman–Crippen MR) is 42.0 cm³/mol. The van der Waals surface area contributed by atoms with E-state index in [9.17, 15) is 0 Å². The molecule has 1 nitrogen and oxygen atoms in total. The Morgan fingerprint density at radius 1 is 0.875 bits per heavy atom. The molecule has 0 aromatic carbocycles. The quantitative estimate of drug-likeness (QED) is 0.520. The lowest BCUT2D eigenvalue weighted by Gasteiger charge is -2.05. The highest BCUT2D eigenvalue weighted by Crippen LogP contribution is 2.07. The third kappa shape index (κ3) is 91600. The smallest absolute Gasteiger partial charge is 0.0195 e. The lowest BCUT2D eigenvalue weighted by Crippen LogP contribution is -1.93. The summed E-state index contributed by atoms with van der Waals surface area (Å²) in [6.07, 6.45) is 0. The van der Waals surface area contributed by atoms with Crippen LogP contribution in [0.15, 0.2) is 0 Å². The summed E-state index contributed by atoms with van der Waals surface area (Å²) in [5.41, 5.74) is 5.00. The molecule has 0 radical (unpaired) electrons. The van der Waals surface area contributed by atoms with E-state index in [0.29, 0.717) is 5.41 Å². The van der Waals surface area contributed by atoms with Crippen LogP contribution in [-0.4, -0.2) is 7.05 Å². The van der Waals surface area contributed by atoms with Crippen molar-refractivity contribution in [2.75, 3.05) is 7.05 Å². The van der Waals surface area contributed by atoms with E-state index in [1.807, 2.05) is 0 Å². The molecule has 0 aliphatic heterocycles. The van der Waals surface area contributed by atoms with Gasteiger partial charge in [-0.05, 0) is 12.5 Å². The Balaban J connectivity index is -0.0000000750. The van der Waals surface area contributed by atoms with E-state index >= 15 is 0 Å². The van der Waals surface area contributed by atoms with E-state index in [4.69, 9.17) is 0 Å². The Kier molecular flexibility index (Phi) is 13.6. The van der Waals surface area contributed by atoms with Gasteiger partial charge in [-0.15, -0.1) is 0 Å². The normalized spacial score (nSPS) is 8.25. The van der Waals surface area contributed by atoms with Crippen LogP contribution in [0, 0.1) is 5.41 Å². The first-order chi connectivity index (χ1) is 3.00. The molecule has 0 saturated heterocycles. The van der Waals surface area contributed by atoms with Gasteiger partial charge in [0.15, 0.2) is 0 Å². The van der Waals surface area contributed by atoms with Gasteiger partial charge in [0.2, 0.25) is 0 Å². The summed E-state index contributed by atoms with van der Waals surface area (Å²) in [6, 6.07) is 0. The molecular weight excluding hydrogens is 98.1 g/mol. The largest absolute Gasteiger partial charge is 0.333 e. The van der Waals surface area contributed by atoms with Crippen LogP contribution in [0.5, 0.6) is 0 Å². The van der Waals surface area contributed by atoms with Crippen molar-refractivity contribution in [2.24, 2.45) is 11.1 Å². The van der Waals surface area contributed by atoms with Crippen LogP contribution in [-0.2, 0) is 0 Å². The number of nitrogens with two attached hydrogens (primary N) is 1. The van der Waals surface area contributed by atoms with Crippen LogP contribution in [0.3, 0.4) is 0 Å². The van der Waals surface area contributed by atoms with E-state index in [-0.39, 0.29) is 7.43 Å². The second-order valence-electron chi connectivity index (χ2n) is 3.00. The zero-order valence-corrected chi connectivity index (χ0v) is 6.08. The van der Waals surface area contributed by atoms with Crippen LogP contribution in [0.1, 0.15) is 35.1 Å².